The van der Waals surface area contributed by atoms with E-state index in [1.807, 2.05) is 0 Å². The maximum absolute atomic E-state index is 5.54. The molecule has 1 aromatic rings. The van der Waals surface area contributed by atoms with Crippen molar-refractivity contribution in [3.05, 3.63) is 17.6 Å². The molecule has 118 valence electrons. The fourth-order valence-corrected chi connectivity index (χ4v) is 2.37. The first-order valence-electron chi connectivity index (χ1n) is 7.83. The summed E-state index contributed by atoms with van der Waals surface area (Å²) >= 11 is 0. The van der Waals surface area contributed by atoms with Crippen molar-refractivity contribution in [1.82, 2.24) is 9.97 Å². The third kappa shape index (κ3) is 3.73. The Hall–Kier alpha value is -1.16. The van der Waals surface area contributed by atoms with Gasteiger partial charge in [0.05, 0.1) is 24.9 Å². The van der Waals surface area contributed by atoms with Gasteiger partial charge in [0.2, 0.25) is 0 Å². The average Bonchev–Trinajstić information content (AvgIpc) is 2.36. The molecule has 0 aliphatic carbocycles. The quantitative estimate of drug-likeness (QED) is 0.796. The molecule has 21 heavy (non-hydrogen) atoms. The van der Waals surface area contributed by atoms with Crippen LogP contribution in [-0.2, 0) is 15.6 Å². The predicted octanol–water partition coefficient (Wildman–Crippen LogP) is 3.30. The molecule has 1 aromatic heterocycles. The molecule has 0 spiro atoms. The van der Waals surface area contributed by atoms with E-state index in [4.69, 9.17) is 14.7 Å². The Morgan fingerprint density at radius 2 is 1.76 bits per heavy atom. The molecular formula is C17H29N3O. The summed E-state index contributed by atoms with van der Waals surface area (Å²) in [6, 6.07) is 2.51. The van der Waals surface area contributed by atoms with E-state index in [9.17, 15) is 0 Å². The molecule has 1 fully saturated rings. The topological polar surface area (TPSA) is 38.2 Å². The lowest BCUT2D eigenvalue weighted by molar-refractivity contribution is 0.0984. The SMILES string of the molecule is CC1COCCN1c1cc(C(C)(C)C)nc(C(C)(C)C)n1. The summed E-state index contributed by atoms with van der Waals surface area (Å²) in [4.78, 5) is 12.0. The first-order valence-corrected chi connectivity index (χ1v) is 7.83. The van der Waals surface area contributed by atoms with Gasteiger partial charge in [0.15, 0.2) is 0 Å². The van der Waals surface area contributed by atoms with Crippen molar-refractivity contribution < 1.29 is 4.74 Å². The Kier molecular flexibility index (Phi) is 4.29. The molecule has 1 aliphatic heterocycles. The van der Waals surface area contributed by atoms with Gasteiger partial charge >= 0.3 is 0 Å². The molecule has 2 heterocycles. The van der Waals surface area contributed by atoms with E-state index < -0.39 is 0 Å². The first kappa shape index (κ1) is 16.2. The second-order valence-corrected chi connectivity index (χ2v) is 8.05. The normalized spacial score (nSPS) is 20.7. The highest BCUT2D eigenvalue weighted by Gasteiger charge is 2.27. The van der Waals surface area contributed by atoms with E-state index in [1.165, 1.54) is 0 Å². The predicted molar refractivity (Wildman–Crippen MR) is 87.1 cm³/mol. The lowest BCUT2D eigenvalue weighted by atomic mass is 9.90. The van der Waals surface area contributed by atoms with Crippen LogP contribution in [0.15, 0.2) is 6.07 Å². The standard InChI is InChI=1S/C17H29N3O/c1-12-11-21-9-8-20(12)14-10-13(16(2,3)4)18-15(19-14)17(5,6)7/h10,12H,8-9,11H2,1-7H3. The van der Waals surface area contributed by atoms with Gasteiger partial charge in [0.25, 0.3) is 0 Å². The van der Waals surface area contributed by atoms with Crippen molar-refractivity contribution in [1.29, 1.82) is 0 Å². The van der Waals surface area contributed by atoms with E-state index in [0.717, 1.165) is 37.1 Å². The zero-order valence-corrected chi connectivity index (χ0v) is 14.5. The number of ether oxygens (including phenoxy) is 1. The molecule has 0 saturated carbocycles. The van der Waals surface area contributed by atoms with Crippen LogP contribution in [0.4, 0.5) is 5.82 Å². The summed E-state index contributed by atoms with van der Waals surface area (Å²) in [5.74, 6) is 1.96. The molecule has 0 N–H and O–H groups in total. The second-order valence-electron chi connectivity index (χ2n) is 8.05. The van der Waals surface area contributed by atoms with Crippen LogP contribution in [0.1, 0.15) is 60.0 Å². The summed E-state index contributed by atoms with van der Waals surface area (Å²) in [6.45, 7) is 17.7. The van der Waals surface area contributed by atoms with Gasteiger partial charge in [-0.1, -0.05) is 41.5 Å². The summed E-state index contributed by atoms with van der Waals surface area (Å²) in [5, 5.41) is 0. The van der Waals surface area contributed by atoms with E-state index in [0.29, 0.717) is 6.04 Å². The number of hydrogen-bond acceptors (Lipinski definition) is 4. The number of hydrogen-bond donors (Lipinski definition) is 0. The van der Waals surface area contributed by atoms with Crippen LogP contribution in [0.5, 0.6) is 0 Å². The third-order valence-electron chi connectivity index (χ3n) is 3.81. The molecule has 1 saturated heterocycles. The van der Waals surface area contributed by atoms with Crippen LogP contribution < -0.4 is 4.90 Å². The van der Waals surface area contributed by atoms with Gasteiger partial charge in [-0.25, -0.2) is 9.97 Å². The molecule has 2 rings (SSSR count). The second kappa shape index (κ2) is 5.56. The zero-order chi connectivity index (χ0) is 15.8. The highest BCUT2D eigenvalue weighted by Crippen LogP contribution is 2.29. The summed E-state index contributed by atoms with van der Waals surface area (Å²) in [5.41, 5.74) is 1.08. The van der Waals surface area contributed by atoms with Crippen LogP contribution >= 0.6 is 0 Å². The number of rotatable bonds is 1. The monoisotopic (exact) mass is 291 g/mol. The molecule has 4 nitrogen and oxygen atoms in total. The maximum atomic E-state index is 5.54. The number of morpholine rings is 1. The molecule has 1 unspecified atom stereocenters. The van der Waals surface area contributed by atoms with Crippen LogP contribution in [0.2, 0.25) is 0 Å². The smallest absolute Gasteiger partial charge is 0.136 e. The van der Waals surface area contributed by atoms with E-state index in [1.54, 1.807) is 0 Å². The van der Waals surface area contributed by atoms with Crippen molar-refractivity contribution in [3.8, 4) is 0 Å². The zero-order valence-electron chi connectivity index (χ0n) is 14.5. The fraction of sp³-hybridized carbons (Fsp3) is 0.765. The van der Waals surface area contributed by atoms with Crippen LogP contribution in [0, 0.1) is 0 Å². The largest absolute Gasteiger partial charge is 0.377 e. The molecule has 0 radical (unpaired) electrons. The molecule has 0 bridgehead atoms. The van der Waals surface area contributed by atoms with Gasteiger partial charge in [-0.15, -0.1) is 0 Å². The highest BCUT2D eigenvalue weighted by atomic mass is 16.5. The highest BCUT2D eigenvalue weighted by molar-refractivity contribution is 5.43. The van der Waals surface area contributed by atoms with Gasteiger partial charge in [0, 0.05) is 23.4 Å². The Morgan fingerprint density at radius 3 is 2.29 bits per heavy atom. The maximum Gasteiger partial charge on any atom is 0.136 e. The molecule has 4 heteroatoms. The van der Waals surface area contributed by atoms with Crippen molar-refractivity contribution in [2.24, 2.45) is 0 Å². The minimum atomic E-state index is -0.0501. The van der Waals surface area contributed by atoms with Gasteiger partial charge in [-0.3, -0.25) is 0 Å². The molecule has 1 atom stereocenters. The molecule has 0 amide bonds. The van der Waals surface area contributed by atoms with Crippen molar-refractivity contribution in [3.63, 3.8) is 0 Å². The average molecular weight is 291 g/mol. The molecule has 1 aliphatic rings. The number of anilines is 1. The van der Waals surface area contributed by atoms with Gasteiger partial charge in [-0.2, -0.15) is 0 Å². The Bertz CT molecular complexity index is 467. The van der Waals surface area contributed by atoms with E-state index in [-0.39, 0.29) is 10.8 Å². The minimum absolute atomic E-state index is 0.0210. The molecular weight excluding hydrogens is 262 g/mol. The van der Waals surface area contributed by atoms with Crippen molar-refractivity contribution in [2.75, 3.05) is 24.7 Å². The fourth-order valence-electron chi connectivity index (χ4n) is 2.37. The number of nitrogens with zero attached hydrogens (tertiary/aromatic N) is 3. The van der Waals surface area contributed by atoms with E-state index in [2.05, 4.69) is 59.4 Å². The van der Waals surface area contributed by atoms with Crippen molar-refractivity contribution in [2.45, 2.75) is 65.3 Å². The Morgan fingerprint density at radius 1 is 1.10 bits per heavy atom. The van der Waals surface area contributed by atoms with Crippen LogP contribution in [0.25, 0.3) is 0 Å². The van der Waals surface area contributed by atoms with Crippen LogP contribution in [-0.4, -0.2) is 35.8 Å². The van der Waals surface area contributed by atoms with E-state index >= 15 is 0 Å². The third-order valence-corrected chi connectivity index (χ3v) is 3.81. The lowest BCUT2D eigenvalue weighted by Crippen LogP contribution is -2.44. The molecule has 0 aromatic carbocycles. The summed E-state index contributed by atoms with van der Waals surface area (Å²) < 4.78 is 5.54. The Labute approximate surface area is 128 Å². The van der Waals surface area contributed by atoms with Gasteiger partial charge in [-0.05, 0) is 6.92 Å². The number of aromatic nitrogens is 2. The summed E-state index contributed by atoms with van der Waals surface area (Å²) in [7, 11) is 0. The van der Waals surface area contributed by atoms with Crippen molar-refractivity contribution >= 4 is 5.82 Å². The van der Waals surface area contributed by atoms with Gasteiger partial charge < -0.3 is 9.64 Å². The minimum Gasteiger partial charge on any atom is -0.377 e. The first-order chi connectivity index (χ1) is 9.59. The van der Waals surface area contributed by atoms with Gasteiger partial charge in [0.1, 0.15) is 11.6 Å². The summed E-state index contributed by atoms with van der Waals surface area (Å²) in [6.07, 6.45) is 0. The van der Waals surface area contributed by atoms with Crippen LogP contribution in [0.3, 0.4) is 0 Å². The lowest BCUT2D eigenvalue weighted by Gasteiger charge is -2.35. The Balaban J connectivity index is 2.49.